The molecule has 1 saturated heterocycles. The van der Waals surface area contributed by atoms with Gasteiger partial charge in [0.2, 0.25) is 0 Å². The molecule has 0 radical (unpaired) electrons. The topological polar surface area (TPSA) is 91.3 Å². The summed E-state index contributed by atoms with van der Waals surface area (Å²) in [6.07, 6.45) is 0. The van der Waals surface area contributed by atoms with Gasteiger partial charge in [0.1, 0.15) is 4.88 Å². The van der Waals surface area contributed by atoms with Crippen LogP contribution in [0.25, 0.3) is 11.0 Å². The Hall–Kier alpha value is -2.78. The second-order valence-corrected chi connectivity index (χ2v) is 7.36. The normalized spacial score (nSPS) is 15.4. The molecule has 0 atom stereocenters. The molecule has 0 saturated carbocycles. The molecule has 2 aromatic heterocycles. The van der Waals surface area contributed by atoms with Crippen LogP contribution in [0.15, 0.2) is 39.9 Å². The molecule has 0 bridgehead atoms. The number of H-pyrrole nitrogens is 1. The molecule has 27 heavy (non-hydrogen) atoms. The van der Waals surface area contributed by atoms with E-state index in [1.54, 1.807) is 4.90 Å². The summed E-state index contributed by atoms with van der Waals surface area (Å²) < 4.78 is 5.04. The molecule has 140 valence electrons. The predicted octanol–water partition coefficient (Wildman–Crippen LogP) is 0.641. The lowest BCUT2D eigenvalue weighted by Gasteiger charge is -2.34. The Morgan fingerprint density at radius 2 is 1.85 bits per heavy atom. The van der Waals surface area contributed by atoms with Crippen molar-refractivity contribution in [3.8, 4) is 0 Å². The number of piperazine rings is 1. The lowest BCUT2D eigenvalue weighted by Crippen LogP contribution is -2.48. The Balaban J connectivity index is 1.49. The average molecular weight is 385 g/mol. The van der Waals surface area contributed by atoms with Crippen LogP contribution in [0.4, 0.5) is 0 Å². The van der Waals surface area contributed by atoms with Gasteiger partial charge < -0.3 is 9.88 Å². The van der Waals surface area contributed by atoms with Crippen molar-refractivity contribution in [2.24, 2.45) is 7.05 Å². The zero-order chi connectivity index (χ0) is 19.0. The van der Waals surface area contributed by atoms with E-state index in [9.17, 15) is 14.4 Å². The Bertz CT molecular complexity index is 1090. The maximum absolute atomic E-state index is 12.9. The van der Waals surface area contributed by atoms with Crippen molar-refractivity contribution in [2.75, 3.05) is 26.2 Å². The highest BCUT2D eigenvalue weighted by atomic mass is 32.1. The molecule has 0 spiro atoms. The van der Waals surface area contributed by atoms with Gasteiger partial charge in [0, 0.05) is 39.8 Å². The van der Waals surface area contributed by atoms with Crippen molar-refractivity contribution in [1.29, 1.82) is 0 Å². The SMILES string of the molecule is Cn1c(=O)[nH]c2c(C(=O)N3CCN(Cc4ccccc4)CC3)snc2c1=O. The van der Waals surface area contributed by atoms with Gasteiger partial charge in [0.15, 0.2) is 5.52 Å². The fourth-order valence-electron chi connectivity index (χ4n) is 3.23. The summed E-state index contributed by atoms with van der Waals surface area (Å²) in [4.78, 5) is 43.9. The van der Waals surface area contributed by atoms with Gasteiger partial charge in [0.05, 0.1) is 5.52 Å². The van der Waals surface area contributed by atoms with Gasteiger partial charge in [0.25, 0.3) is 11.5 Å². The second-order valence-electron chi connectivity index (χ2n) is 6.58. The van der Waals surface area contributed by atoms with E-state index in [2.05, 4.69) is 26.4 Å². The molecule has 4 rings (SSSR count). The maximum Gasteiger partial charge on any atom is 0.328 e. The number of hydrogen-bond donors (Lipinski definition) is 1. The lowest BCUT2D eigenvalue weighted by atomic mass is 10.2. The smallest absolute Gasteiger partial charge is 0.328 e. The van der Waals surface area contributed by atoms with Crippen molar-refractivity contribution in [3.63, 3.8) is 0 Å². The molecule has 3 heterocycles. The molecule has 0 unspecified atom stereocenters. The summed E-state index contributed by atoms with van der Waals surface area (Å²) in [6.45, 7) is 3.60. The van der Waals surface area contributed by atoms with Crippen LogP contribution in [0.2, 0.25) is 0 Å². The molecule has 8 nitrogen and oxygen atoms in total. The maximum atomic E-state index is 12.9. The summed E-state index contributed by atoms with van der Waals surface area (Å²) in [5.74, 6) is -0.189. The van der Waals surface area contributed by atoms with E-state index >= 15 is 0 Å². The largest absolute Gasteiger partial charge is 0.335 e. The summed E-state index contributed by atoms with van der Waals surface area (Å²) in [7, 11) is 1.38. The molecule has 1 aliphatic heterocycles. The van der Waals surface area contributed by atoms with Gasteiger partial charge in [-0.2, -0.15) is 4.37 Å². The highest BCUT2D eigenvalue weighted by molar-refractivity contribution is 7.09. The number of aromatic nitrogens is 3. The molecule has 1 N–H and O–H groups in total. The first kappa shape index (κ1) is 17.6. The van der Waals surface area contributed by atoms with Gasteiger partial charge in [-0.3, -0.25) is 19.1 Å². The zero-order valence-corrected chi connectivity index (χ0v) is 15.7. The van der Waals surface area contributed by atoms with Crippen molar-refractivity contribution in [2.45, 2.75) is 6.54 Å². The third kappa shape index (κ3) is 3.31. The van der Waals surface area contributed by atoms with Gasteiger partial charge >= 0.3 is 5.69 Å². The van der Waals surface area contributed by atoms with E-state index in [0.29, 0.717) is 18.0 Å². The highest BCUT2D eigenvalue weighted by Gasteiger charge is 2.26. The number of rotatable bonds is 3. The molecular formula is C18H19N5O3S. The average Bonchev–Trinajstić information content (AvgIpc) is 3.11. The van der Waals surface area contributed by atoms with Crippen molar-refractivity contribution >= 4 is 28.5 Å². The monoisotopic (exact) mass is 385 g/mol. The van der Waals surface area contributed by atoms with Gasteiger partial charge in [-0.15, -0.1) is 0 Å². The van der Waals surface area contributed by atoms with Gasteiger partial charge in [-0.1, -0.05) is 30.3 Å². The Morgan fingerprint density at radius 3 is 2.56 bits per heavy atom. The van der Waals surface area contributed by atoms with Crippen LogP contribution in [0, 0.1) is 0 Å². The van der Waals surface area contributed by atoms with Crippen LogP contribution in [0.5, 0.6) is 0 Å². The van der Waals surface area contributed by atoms with E-state index in [1.807, 2.05) is 18.2 Å². The second kappa shape index (κ2) is 7.09. The van der Waals surface area contributed by atoms with E-state index in [0.717, 1.165) is 35.7 Å². The quantitative estimate of drug-likeness (QED) is 0.715. The first-order valence-corrected chi connectivity index (χ1v) is 9.46. The van der Waals surface area contributed by atoms with Crippen LogP contribution in [0.3, 0.4) is 0 Å². The van der Waals surface area contributed by atoms with Crippen molar-refractivity contribution < 1.29 is 4.79 Å². The van der Waals surface area contributed by atoms with E-state index in [-0.39, 0.29) is 16.9 Å². The first-order valence-electron chi connectivity index (χ1n) is 8.69. The summed E-state index contributed by atoms with van der Waals surface area (Å²) in [6, 6.07) is 10.2. The van der Waals surface area contributed by atoms with Crippen LogP contribution in [-0.2, 0) is 13.6 Å². The molecule has 0 aliphatic carbocycles. The molecule has 1 aliphatic rings. The fraction of sp³-hybridized carbons (Fsp3) is 0.333. The lowest BCUT2D eigenvalue weighted by molar-refractivity contribution is 0.0634. The Morgan fingerprint density at radius 1 is 1.15 bits per heavy atom. The highest BCUT2D eigenvalue weighted by Crippen LogP contribution is 2.20. The number of amides is 1. The summed E-state index contributed by atoms with van der Waals surface area (Å²) in [5.41, 5.74) is 0.586. The number of nitrogens with one attached hydrogen (secondary N) is 1. The first-order chi connectivity index (χ1) is 13.0. The predicted molar refractivity (Wildman–Crippen MR) is 103 cm³/mol. The number of benzene rings is 1. The van der Waals surface area contributed by atoms with E-state index in [4.69, 9.17) is 0 Å². The van der Waals surface area contributed by atoms with Crippen LogP contribution < -0.4 is 11.2 Å². The number of hydrogen-bond acceptors (Lipinski definition) is 6. The summed E-state index contributed by atoms with van der Waals surface area (Å²) >= 11 is 0.961. The van der Waals surface area contributed by atoms with Gasteiger partial charge in [-0.05, 0) is 17.1 Å². The molecule has 3 aromatic rings. The minimum Gasteiger partial charge on any atom is -0.335 e. The summed E-state index contributed by atoms with van der Waals surface area (Å²) in [5, 5.41) is 0. The molecule has 1 amide bonds. The third-order valence-electron chi connectivity index (χ3n) is 4.84. The fourth-order valence-corrected chi connectivity index (χ4v) is 4.03. The Labute approximate surface area is 158 Å². The molecule has 1 fully saturated rings. The molecule has 9 heteroatoms. The number of aromatic amines is 1. The van der Waals surface area contributed by atoms with E-state index < -0.39 is 11.2 Å². The molecule has 1 aromatic carbocycles. The zero-order valence-electron chi connectivity index (χ0n) is 14.8. The van der Waals surface area contributed by atoms with Crippen LogP contribution in [-0.4, -0.2) is 55.8 Å². The minimum atomic E-state index is -0.547. The number of carbonyl (C=O) groups is 1. The number of nitrogens with zero attached hydrogens (tertiary/aromatic N) is 4. The number of carbonyl (C=O) groups excluding carboxylic acids is 1. The van der Waals surface area contributed by atoms with Crippen molar-refractivity contribution in [1.82, 2.24) is 23.7 Å². The molecular weight excluding hydrogens is 366 g/mol. The Kier molecular flexibility index (Phi) is 4.63. The van der Waals surface area contributed by atoms with Crippen molar-refractivity contribution in [3.05, 3.63) is 61.6 Å². The van der Waals surface area contributed by atoms with Gasteiger partial charge in [-0.25, -0.2) is 4.79 Å². The minimum absolute atomic E-state index is 0.133. The van der Waals surface area contributed by atoms with E-state index in [1.165, 1.54) is 12.6 Å². The number of fused-ring (bicyclic) bond motifs is 1. The van der Waals surface area contributed by atoms with Crippen LogP contribution in [0.1, 0.15) is 15.2 Å². The third-order valence-corrected chi connectivity index (χ3v) is 5.67. The van der Waals surface area contributed by atoms with Crippen LogP contribution >= 0.6 is 11.5 Å². The standard InChI is InChI=1S/C18H19N5O3S/c1-21-16(24)14-13(19-18(21)26)15(27-20-14)17(25)23-9-7-22(8-10-23)11-12-5-3-2-4-6-12/h2-6H,7-11H2,1H3,(H,19,26).